The lowest BCUT2D eigenvalue weighted by Gasteiger charge is -2.22. The highest BCUT2D eigenvalue weighted by molar-refractivity contribution is 5.71. The van der Waals surface area contributed by atoms with E-state index in [1.807, 2.05) is 18.0 Å². The molecule has 0 N–H and O–H groups in total. The molecule has 9 nitrogen and oxygen atoms in total. The lowest BCUT2D eigenvalue weighted by Crippen LogP contribution is -2.44. The van der Waals surface area contributed by atoms with E-state index < -0.39 is 29.0 Å². The summed E-state index contributed by atoms with van der Waals surface area (Å²) in [6.45, 7) is 9.67. The van der Waals surface area contributed by atoms with E-state index in [1.54, 1.807) is 24.3 Å². The van der Waals surface area contributed by atoms with E-state index in [9.17, 15) is 28.0 Å². The van der Waals surface area contributed by atoms with Crippen LogP contribution in [0.3, 0.4) is 0 Å². The first-order chi connectivity index (χ1) is 19.0. The summed E-state index contributed by atoms with van der Waals surface area (Å²) in [4.78, 5) is 33.3. The summed E-state index contributed by atoms with van der Waals surface area (Å²) in [5, 5.41) is 14.2. The summed E-state index contributed by atoms with van der Waals surface area (Å²) in [6.07, 6.45) is -2.88. The Labute approximate surface area is 226 Å². The van der Waals surface area contributed by atoms with E-state index in [0.717, 1.165) is 21.3 Å². The maximum absolute atomic E-state index is 14.1. The van der Waals surface area contributed by atoms with E-state index in [4.69, 9.17) is 6.57 Å². The van der Waals surface area contributed by atoms with Gasteiger partial charge in [-0.25, -0.2) is 14.3 Å². The minimum absolute atomic E-state index is 0.0325. The summed E-state index contributed by atoms with van der Waals surface area (Å²) in [6, 6.07) is 12.2. The Hall–Kier alpha value is -4.94. The van der Waals surface area contributed by atoms with Crippen molar-refractivity contribution in [2.75, 3.05) is 20.1 Å². The van der Waals surface area contributed by atoms with Crippen LogP contribution in [0.1, 0.15) is 29.3 Å². The maximum Gasteiger partial charge on any atom is 0.416 e. The predicted molar refractivity (Wildman–Crippen MR) is 141 cm³/mol. The number of benzene rings is 2. The van der Waals surface area contributed by atoms with Crippen molar-refractivity contribution in [1.29, 1.82) is 5.26 Å². The number of rotatable bonds is 4. The van der Waals surface area contributed by atoms with Crippen LogP contribution in [-0.2, 0) is 6.18 Å². The van der Waals surface area contributed by atoms with Gasteiger partial charge in [-0.1, -0.05) is 18.2 Å². The molecule has 40 heavy (non-hydrogen) atoms. The molecule has 0 aliphatic carbocycles. The summed E-state index contributed by atoms with van der Waals surface area (Å²) in [5.74, 6) is 0. The molecule has 12 heteroatoms. The van der Waals surface area contributed by atoms with Crippen molar-refractivity contribution < 1.29 is 13.2 Å². The smallest absolute Gasteiger partial charge is 0.304 e. The molecule has 1 aliphatic heterocycles. The van der Waals surface area contributed by atoms with Crippen LogP contribution in [0.15, 0.2) is 64.3 Å². The van der Waals surface area contributed by atoms with E-state index >= 15 is 0 Å². The van der Waals surface area contributed by atoms with Crippen LogP contribution in [0.5, 0.6) is 0 Å². The van der Waals surface area contributed by atoms with Crippen molar-refractivity contribution in [2.45, 2.75) is 25.6 Å². The number of aromatic nitrogens is 4. The fourth-order valence-electron chi connectivity index (χ4n) is 5.10. The van der Waals surface area contributed by atoms with Crippen LogP contribution >= 0.6 is 0 Å². The topological polar surface area (TPSA) is 93.2 Å². The van der Waals surface area contributed by atoms with Gasteiger partial charge in [-0.2, -0.15) is 23.5 Å². The Bertz CT molecular complexity index is 1820. The lowest BCUT2D eigenvalue weighted by molar-refractivity contribution is -0.137. The van der Waals surface area contributed by atoms with Crippen LogP contribution in [0.2, 0.25) is 0 Å². The number of nitriles is 1. The molecule has 0 saturated carbocycles. The van der Waals surface area contributed by atoms with Crippen molar-refractivity contribution >= 4 is 5.69 Å². The van der Waals surface area contributed by atoms with Gasteiger partial charge in [0.2, 0.25) is 0 Å². The van der Waals surface area contributed by atoms with Gasteiger partial charge in [0, 0.05) is 12.2 Å². The van der Waals surface area contributed by atoms with Crippen molar-refractivity contribution in [2.24, 2.45) is 0 Å². The number of halogens is 3. The number of likely N-dealkylation sites (tertiary alicyclic amines) is 1. The van der Waals surface area contributed by atoms with Gasteiger partial charge in [0.05, 0.1) is 52.6 Å². The first-order valence-electron chi connectivity index (χ1n) is 12.3. The highest BCUT2D eigenvalue weighted by atomic mass is 19.4. The monoisotopic (exact) mass is 545 g/mol. The summed E-state index contributed by atoms with van der Waals surface area (Å²) < 4.78 is 44.3. The highest BCUT2D eigenvalue weighted by Gasteiger charge is 2.33. The van der Waals surface area contributed by atoms with Gasteiger partial charge in [0.1, 0.15) is 6.07 Å². The minimum Gasteiger partial charge on any atom is -0.304 e. The average molecular weight is 546 g/mol. The lowest BCUT2D eigenvalue weighted by atomic mass is 10.1. The van der Waals surface area contributed by atoms with Crippen LogP contribution in [0.4, 0.5) is 18.9 Å². The van der Waals surface area contributed by atoms with Gasteiger partial charge in [-0.3, -0.25) is 13.9 Å². The normalized spacial score (nSPS) is 15.6. The Morgan fingerprint density at radius 1 is 1.12 bits per heavy atom. The van der Waals surface area contributed by atoms with E-state index in [-0.39, 0.29) is 28.2 Å². The predicted octanol–water partition coefficient (Wildman–Crippen LogP) is 4.48. The fourth-order valence-corrected chi connectivity index (χ4v) is 5.10. The average Bonchev–Trinajstić information content (AvgIpc) is 3.54. The molecule has 4 aromatic rings. The second-order valence-electron chi connectivity index (χ2n) is 9.57. The third kappa shape index (κ3) is 4.48. The first-order valence-corrected chi connectivity index (χ1v) is 12.3. The van der Waals surface area contributed by atoms with Gasteiger partial charge in [0.15, 0.2) is 5.69 Å². The highest BCUT2D eigenvalue weighted by Crippen LogP contribution is 2.32. The Morgan fingerprint density at radius 2 is 1.85 bits per heavy atom. The standard InChI is InChI=1S/C28H22F3N7O2/c1-17-24(25-18(14-32)15-34-38(25)21-9-7-20(33-2)8-10-21)26(39)37(23-11-12-35(3)16-23)27(40)36(17)22-6-4-5-19(13-22)28(29,30)31/h4-10,13,15,23H,11-12,16H2,1,3H3/t23-/m1/s1. The Balaban J connectivity index is 1.86. The quantitative estimate of drug-likeness (QED) is 0.353. The molecule has 2 aromatic carbocycles. The Morgan fingerprint density at radius 3 is 2.45 bits per heavy atom. The minimum atomic E-state index is -4.65. The molecule has 1 saturated heterocycles. The van der Waals surface area contributed by atoms with Gasteiger partial charge in [-0.15, -0.1) is 0 Å². The maximum atomic E-state index is 14.1. The fraction of sp³-hybridized carbons (Fsp3) is 0.250. The summed E-state index contributed by atoms with van der Waals surface area (Å²) >= 11 is 0. The second-order valence-corrected chi connectivity index (χ2v) is 9.57. The molecule has 0 unspecified atom stereocenters. The number of hydrogen-bond acceptors (Lipinski definition) is 5. The third-order valence-electron chi connectivity index (χ3n) is 7.04. The number of alkyl halides is 3. The second kappa shape index (κ2) is 9.98. The zero-order valence-electron chi connectivity index (χ0n) is 21.5. The zero-order chi connectivity index (χ0) is 28.8. The number of likely N-dealkylation sites (N-methyl/N-ethyl adjacent to an activating group) is 1. The molecule has 0 bridgehead atoms. The molecule has 3 heterocycles. The SMILES string of the molecule is [C-]#[N+]c1ccc(-n2ncc(C#N)c2-c2c(C)n(-c3cccc(C(F)(F)F)c3)c(=O)n([C@@H]3CCN(C)C3)c2=O)cc1. The largest absolute Gasteiger partial charge is 0.416 e. The molecule has 0 spiro atoms. The molecule has 0 amide bonds. The molecule has 5 rings (SSSR count). The van der Waals surface area contributed by atoms with Crippen LogP contribution in [0.25, 0.3) is 27.5 Å². The van der Waals surface area contributed by atoms with Gasteiger partial charge in [0.25, 0.3) is 5.56 Å². The summed E-state index contributed by atoms with van der Waals surface area (Å²) in [5.41, 5.74) is -1.45. The van der Waals surface area contributed by atoms with Gasteiger partial charge in [-0.05, 0) is 57.3 Å². The third-order valence-corrected chi connectivity index (χ3v) is 7.04. The van der Waals surface area contributed by atoms with E-state index in [1.165, 1.54) is 29.9 Å². The number of nitrogens with zero attached hydrogens (tertiary/aromatic N) is 7. The van der Waals surface area contributed by atoms with Crippen molar-refractivity contribution in [1.82, 2.24) is 23.8 Å². The zero-order valence-corrected chi connectivity index (χ0v) is 21.5. The van der Waals surface area contributed by atoms with Crippen LogP contribution in [-0.4, -0.2) is 44.0 Å². The van der Waals surface area contributed by atoms with Crippen molar-refractivity contribution in [3.63, 3.8) is 0 Å². The van der Waals surface area contributed by atoms with Crippen molar-refractivity contribution in [3.05, 3.63) is 104 Å². The number of hydrogen-bond donors (Lipinski definition) is 0. The molecular weight excluding hydrogens is 523 g/mol. The van der Waals surface area contributed by atoms with Gasteiger partial charge < -0.3 is 4.90 Å². The summed E-state index contributed by atoms with van der Waals surface area (Å²) in [7, 11) is 1.85. The van der Waals surface area contributed by atoms with Crippen LogP contribution in [0, 0.1) is 24.8 Å². The Kier molecular flexibility index (Phi) is 6.65. The van der Waals surface area contributed by atoms with Crippen molar-refractivity contribution in [3.8, 4) is 28.7 Å². The van der Waals surface area contributed by atoms with Gasteiger partial charge >= 0.3 is 11.9 Å². The van der Waals surface area contributed by atoms with E-state index in [0.29, 0.717) is 30.9 Å². The molecule has 2 aromatic heterocycles. The molecule has 1 fully saturated rings. The first kappa shape index (κ1) is 26.7. The molecule has 202 valence electrons. The van der Waals surface area contributed by atoms with E-state index in [2.05, 4.69) is 9.94 Å². The molecule has 1 atom stereocenters. The molecule has 1 aliphatic rings. The van der Waals surface area contributed by atoms with Crippen LogP contribution < -0.4 is 11.2 Å². The molecular formula is C28H22F3N7O2. The molecule has 0 radical (unpaired) electrons.